The molecule has 1 heterocycles. The maximum atomic E-state index is 5.44. The van der Waals surface area contributed by atoms with Crippen LogP contribution in [0.3, 0.4) is 0 Å². The Morgan fingerprint density at radius 1 is 1.42 bits per heavy atom. The normalized spacial score (nSPS) is 18.7. The molecule has 2 rings (SSSR count). The Labute approximate surface area is 116 Å². The molecule has 0 radical (unpaired) electrons. The Balaban J connectivity index is 1.80. The van der Waals surface area contributed by atoms with Crippen molar-refractivity contribution in [2.24, 2.45) is 5.92 Å². The number of rotatable bonds is 7. The predicted molar refractivity (Wildman–Crippen MR) is 79.9 cm³/mol. The number of nitrogens with one attached hydrogen (secondary N) is 2. The second-order valence-corrected chi connectivity index (χ2v) is 5.31. The van der Waals surface area contributed by atoms with Gasteiger partial charge in [-0.05, 0) is 68.6 Å². The number of benzene rings is 1. The van der Waals surface area contributed by atoms with E-state index < -0.39 is 0 Å². The second kappa shape index (κ2) is 7.51. The number of ether oxygens (including phenoxy) is 1. The van der Waals surface area contributed by atoms with Gasteiger partial charge in [0, 0.05) is 0 Å². The van der Waals surface area contributed by atoms with Crippen molar-refractivity contribution in [1.29, 1.82) is 0 Å². The lowest BCUT2D eigenvalue weighted by Crippen LogP contribution is -2.26. The van der Waals surface area contributed by atoms with Gasteiger partial charge in [0.05, 0.1) is 7.11 Å². The Morgan fingerprint density at radius 3 is 3.00 bits per heavy atom. The van der Waals surface area contributed by atoms with Gasteiger partial charge in [0.15, 0.2) is 0 Å². The summed E-state index contributed by atoms with van der Waals surface area (Å²) in [4.78, 5) is 0. The summed E-state index contributed by atoms with van der Waals surface area (Å²) in [6.45, 7) is 6.69. The molecule has 1 atom stereocenters. The van der Waals surface area contributed by atoms with Crippen LogP contribution in [0.2, 0.25) is 0 Å². The van der Waals surface area contributed by atoms with Gasteiger partial charge < -0.3 is 15.4 Å². The van der Waals surface area contributed by atoms with Crippen molar-refractivity contribution in [3.8, 4) is 5.75 Å². The fraction of sp³-hybridized carbons (Fsp3) is 0.625. The molecule has 19 heavy (non-hydrogen) atoms. The standard InChI is InChI=1S/C16H26N2O/c1-3-13-4-5-16(19-2)15(10-13)7-9-18-12-14-6-8-17-11-14/h4-5,10,14,17-18H,3,6-9,11-12H2,1-2H3. The molecule has 1 aromatic carbocycles. The largest absolute Gasteiger partial charge is 0.496 e. The summed E-state index contributed by atoms with van der Waals surface area (Å²) in [5.41, 5.74) is 2.70. The number of aryl methyl sites for hydroxylation is 1. The van der Waals surface area contributed by atoms with Crippen LogP contribution in [0.4, 0.5) is 0 Å². The first kappa shape index (κ1) is 14.4. The van der Waals surface area contributed by atoms with Crippen molar-refractivity contribution in [2.75, 3.05) is 33.3 Å². The fourth-order valence-electron chi connectivity index (χ4n) is 2.67. The maximum Gasteiger partial charge on any atom is 0.122 e. The van der Waals surface area contributed by atoms with Crippen LogP contribution < -0.4 is 15.4 Å². The van der Waals surface area contributed by atoms with Gasteiger partial charge in [-0.2, -0.15) is 0 Å². The molecule has 1 aromatic rings. The van der Waals surface area contributed by atoms with Gasteiger partial charge in [0.25, 0.3) is 0 Å². The molecular formula is C16H26N2O. The summed E-state index contributed by atoms with van der Waals surface area (Å²) >= 11 is 0. The van der Waals surface area contributed by atoms with E-state index in [2.05, 4.69) is 35.8 Å². The summed E-state index contributed by atoms with van der Waals surface area (Å²) in [6.07, 6.45) is 3.43. The second-order valence-electron chi connectivity index (χ2n) is 5.31. The molecule has 1 unspecified atom stereocenters. The molecule has 1 aliphatic rings. The van der Waals surface area contributed by atoms with Gasteiger partial charge in [0.2, 0.25) is 0 Å². The first-order chi connectivity index (χ1) is 9.33. The molecule has 0 saturated carbocycles. The molecular weight excluding hydrogens is 236 g/mol. The number of hydrogen-bond donors (Lipinski definition) is 2. The van der Waals surface area contributed by atoms with E-state index in [-0.39, 0.29) is 0 Å². The fourth-order valence-corrected chi connectivity index (χ4v) is 2.67. The topological polar surface area (TPSA) is 33.3 Å². The van der Waals surface area contributed by atoms with Crippen molar-refractivity contribution in [3.63, 3.8) is 0 Å². The van der Waals surface area contributed by atoms with E-state index in [1.807, 2.05) is 0 Å². The highest BCUT2D eigenvalue weighted by atomic mass is 16.5. The lowest BCUT2D eigenvalue weighted by molar-refractivity contribution is 0.408. The van der Waals surface area contributed by atoms with Crippen LogP contribution in [0.5, 0.6) is 5.75 Å². The van der Waals surface area contributed by atoms with Crippen LogP contribution in [-0.2, 0) is 12.8 Å². The van der Waals surface area contributed by atoms with Crippen LogP contribution in [0, 0.1) is 5.92 Å². The highest BCUT2D eigenvalue weighted by Crippen LogP contribution is 2.20. The minimum Gasteiger partial charge on any atom is -0.496 e. The lowest BCUT2D eigenvalue weighted by Gasteiger charge is -2.12. The quantitative estimate of drug-likeness (QED) is 0.737. The predicted octanol–water partition coefficient (Wildman–Crippen LogP) is 2.00. The van der Waals surface area contributed by atoms with E-state index in [0.29, 0.717) is 0 Å². The van der Waals surface area contributed by atoms with Gasteiger partial charge in [-0.3, -0.25) is 0 Å². The Hall–Kier alpha value is -1.06. The smallest absolute Gasteiger partial charge is 0.122 e. The van der Waals surface area contributed by atoms with Crippen molar-refractivity contribution < 1.29 is 4.74 Å². The lowest BCUT2D eigenvalue weighted by atomic mass is 10.0. The zero-order valence-electron chi connectivity index (χ0n) is 12.2. The van der Waals surface area contributed by atoms with E-state index in [1.165, 1.54) is 30.6 Å². The van der Waals surface area contributed by atoms with Crippen molar-refractivity contribution >= 4 is 0 Å². The van der Waals surface area contributed by atoms with E-state index >= 15 is 0 Å². The number of methoxy groups -OCH3 is 1. The summed E-state index contributed by atoms with van der Waals surface area (Å²) in [7, 11) is 1.75. The van der Waals surface area contributed by atoms with E-state index in [9.17, 15) is 0 Å². The van der Waals surface area contributed by atoms with Crippen LogP contribution in [-0.4, -0.2) is 33.3 Å². The molecule has 106 valence electrons. The molecule has 0 aliphatic carbocycles. The first-order valence-corrected chi connectivity index (χ1v) is 7.40. The van der Waals surface area contributed by atoms with Gasteiger partial charge in [-0.25, -0.2) is 0 Å². The summed E-state index contributed by atoms with van der Waals surface area (Å²) in [5, 5.41) is 6.97. The zero-order chi connectivity index (χ0) is 13.5. The molecule has 0 spiro atoms. The highest BCUT2D eigenvalue weighted by Gasteiger charge is 2.13. The molecule has 1 saturated heterocycles. The minimum atomic E-state index is 0.809. The first-order valence-electron chi connectivity index (χ1n) is 7.40. The van der Waals surface area contributed by atoms with E-state index in [0.717, 1.165) is 37.6 Å². The van der Waals surface area contributed by atoms with E-state index in [4.69, 9.17) is 4.74 Å². The average molecular weight is 262 g/mol. The van der Waals surface area contributed by atoms with Crippen molar-refractivity contribution in [1.82, 2.24) is 10.6 Å². The highest BCUT2D eigenvalue weighted by molar-refractivity contribution is 5.37. The third kappa shape index (κ3) is 4.22. The van der Waals surface area contributed by atoms with Crippen molar-refractivity contribution in [3.05, 3.63) is 29.3 Å². The average Bonchev–Trinajstić information content (AvgIpc) is 2.96. The molecule has 2 N–H and O–H groups in total. The molecule has 0 amide bonds. The number of hydrogen-bond acceptors (Lipinski definition) is 3. The molecule has 0 aromatic heterocycles. The van der Waals surface area contributed by atoms with Gasteiger partial charge in [0.1, 0.15) is 5.75 Å². The third-order valence-corrected chi connectivity index (χ3v) is 3.92. The van der Waals surface area contributed by atoms with Gasteiger partial charge in [-0.15, -0.1) is 0 Å². The van der Waals surface area contributed by atoms with E-state index in [1.54, 1.807) is 7.11 Å². The zero-order valence-corrected chi connectivity index (χ0v) is 12.2. The van der Waals surface area contributed by atoms with Crippen LogP contribution in [0.15, 0.2) is 18.2 Å². The Bertz CT molecular complexity index is 386. The molecule has 0 bridgehead atoms. The van der Waals surface area contributed by atoms with Crippen LogP contribution >= 0.6 is 0 Å². The maximum absolute atomic E-state index is 5.44. The monoisotopic (exact) mass is 262 g/mol. The van der Waals surface area contributed by atoms with Crippen molar-refractivity contribution in [2.45, 2.75) is 26.2 Å². The van der Waals surface area contributed by atoms with Gasteiger partial charge in [-0.1, -0.05) is 19.1 Å². The molecule has 1 aliphatic heterocycles. The van der Waals surface area contributed by atoms with Gasteiger partial charge >= 0.3 is 0 Å². The van der Waals surface area contributed by atoms with Crippen LogP contribution in [0.25, 0.3) is 0 Å². The SMILES string of the molecule is CCc1ccc(OC)c(CCNCC2CCNC2)c1. The van der Waals surface area contributed by atoms with Crippen LogP contribution in [0.1, 0.15) is 24.5 Å². The summed E-state index contributed by atoms with van der Waals surface area (Å²) in [6, 6.07) is 6.52. The molecule has 3 nitrogen and oxygen atoms in total. The Kier molecular flexibility index (Phi) is 5.67. The molecule has 3 heteroatoms. The minimum absolute atomic E-state index is 0.809. The third-order valence-electron chi connectivity index (χ3n) is 3.92. The Morgan fingerprint density at radius 2 is 2.32 bits per heavy atom. The molecule has 1 fully saturated rings. The summed E-state index contributed by atoms with van der Waals surface area (Å²) in [5.74, 6) is 1.82. The summed E-state index contributed by atoms with van der Waals surface area (Å²) < 4.78 is 5.44.